The Morgan fingerprint density at radius 3 is 2.29 bits per heavy atom. The van der Waals surface area contributed by atoms with Crippen molar-refractivity contribution < 1.29 is 23.9 Å². The highest BCUT2D eigenvalue weighted by molar-refractivity contribution is 5.99. The molecule has 3 heterocycles. The Balaban J connectivity index is 1.47. The molecule has 254 valence electrons. The van der Waals surface area contributed by atoms with E-state index >= 15 is 0 Å². The van der Waals surface area contributed by atoms with Crippen LogP contribution in [0.1, 0.15) is 47.4 Å². The second-order valence-corrected chi connectivity index (χ2v) is 12.8. The van der Waals surface area contributed by atoms with Crippen molar-refractivity contribution in [2.75, 3.05) is 13.6 Å². The van der Waals surface area contributed by atoms with Gasteiger partial charge in [0.1, 0.15) is 29.6 Å². The molecule has 0 radical (unpaired) electrons. The molecule has 0 fully saturated rings. The van der Waals surface area contributed by atoms with Crippen LogP contribution in [0.3, 0.4) is 0 Å². The van der Waals surface area contributed by atoms with Crippen LogP contribution in [0.25, 0.3) is 0 Å². The largest absolute Gasteiger partial charge is 0.457 e. The Morgan fingerprint density at radius 1 is 0.837 bits per heavy atom. The van der Waals surface area contributed by atoms with Crippen LogP contribution in [0.4, 0.5) is 0 Å². The van der Waals surface area contributed by atoms with Crippen LogP contribution < -0.4 is 20.7 Å². The number of pyridine rings is 1. The van der Waals surface area contributed by atoms with E-state index in [1.807, 2.05) is 74.5 Å². The Bertz CT molecular complexity index is 1730. The molecule has 0 unspecified atom stereocenters. The zero-order valence-electron chi connectivity index (χ0n) is 28.1. The fourth-order valence-electron chi connectivity index (χ4n) is 5.72. The van der Waals surface area contributed by atoms with Crippen molar-refractivity contribution in [3.8, 4) is 11.5 Å². The van der Waals surface area contributed by atoms with E-state index < -0.39 is 35.8 Å². The van der Waals surface area contributed by atoms with Crippen molar-refractivity contribution >= 4 is 23.6 Å². The summed E-state index contributed by atoms with van der Waals surface area (Å²) in [6, 6.07) is 26.2. The van der Waals surface area contributed by atoms with Crippen molar-refractivity contribution in [1.82, 2.24) is 25.8 Å². The summed E-state index contributed by atoms with van der Waals surface area (Å²) in [5.74, 6) is -0.658. The summed E-state index contributed by atoms with van der Waals surface area (Å²) < 4.78 is 6.05. The average Bonchev–Trinajstić information content (AvgIpc) is 3.10. The zero-order valence-corrected chi connectivity index (χ0v) is 28.1. The second kappa shape index (κ2) is 16.5. The molecule has 3 aromatic carbocycles. The first kappa shape index (κ1) is 34.8. The van der Waals surface area contributed by atoms with Gasteiger partial charge >= 0.3 is 0 Å². The SMILES string of the molecule is CC(C)C[C@@H]1NC(=O)[C@@H](Cc2ccccc2)NC(=O)c2cccc(c2)Oc2ccc(cc2)C[C@@H](C(=O)N(C)CCc2ccccn2)NC1=O. The molecule has 3 N–H and O–H groups in total. The number of aromatic nitrogens is 1. The first-order chi connectivity index (χ1) is 23.6. The summed E-state index contributed by atoms with van der Waals surface area (Å²) >= 11 is 0. The lowest BCUT2D eigenvalue weighted by Crippen LogP contribution is -2.58. The average molecular weight is 662 g/mol. The summed E-state index contributed by atoms with van der Waals surface area (Å²) in [5, 5.41) is 8.75. The third-order valence-electron chi connectivity index (χ3n) is 8.36. The number of fused-ring (bicyclic) bond motifs is 11. The highest BCUT2D eigenvalue weighted by Gasteiger charge is 2.32. The molecule has 49 heavy (non-hydrogen) atoms. The molecule has 0 spiro atoms. The highest BCUT2D eigenvalue weighted by Crippen LogP contribution is 2.24. The number of likely N-dealkylation sites (N-methyl/N-ethyl adjacent to an activating group) is 1. The molecule has 2 aliphatic rings. The fraction of sp³-hybridized carbons (Fsp3) is 0.308. The third-order valence-corrected chi connectivity index (χ3v) is 8.36. The predicted molar refractivity (Wildman–Crippen MR) is 187 cm³/mol. The number of nitrogens with zero attached hydrogens (tertiary/aromatic N) is 2. The molecule has 0 saturated carbocycles. The van der Waals surface area contributed by atoms with Gasteiger partial charge in [0.2, 0.25) is 17.7 Å². The third kappa shape index (κ3) is 9.99. The van der Waals surface area contributed by atoms with Gasteiger partial charge in [0.05, 0.1) is 0 Å². The number of amides is 4. The molecule has 6 rings (SSSR count). The molecule has 4 amide bonds. The van der Waals surface area contributed by atoms with Crippen molar-refractivity contribution in [1.29, 1.82) is 0 Å². The maximum atomic E-state index is 14.0. The maximum Gasteiger partial charge on any atom is 0.252 e. The van der Waals surface area contributed by atoms with Gasteiger partial charge in [0, 0.05) is 50.3 Å². The number of benzene rings is 3. The van der Waals surface area contributed by atoms with Gasteiger partial charge < -0.3 is 25.6 Å². The summed E-state index contributed by atoms with van der Waals surface area (Å²) in [7, 11) is 1.71. The first-order valence-electron chi connectivity index (χ1n) is 16.6. The topological polar surface area (TPSA) is 130 Å². The zero-order chi connectivity index (χ0) is 34.8. The standard InChI is InChI=1S/C39H43N5O5/c1-26(2)22-33-37(46)43-35(39(48)44(3)21-19-30-13-7-8-20-40-30)24-28-15-17-31(18-16-28)49-32-14-9-12-29(25-32)36(45)41-34(38(47)42-33)23-27-10-5-4-6-11-27/h4-18,20,25-26,33-35H,19,21-24H2,1-3H3,(H,41,45)(H,42,47)(H,43,46)/t33-,34+,35-/m0/s1. The number of hydrogen-bond donors (Lipinski definition) is 3. The van der Waals surface area contributed by atoms with Crippen LogP contribution in [-0.4, -0.2) is 65.2 Å². The molecule has 10 heteroatoms. The van der Waals surface area contributed by atoms with Crippen LogP contribution in [-0.2, 0) is 33.6 Å². The minimum Gasteiger partial charge on any atom is -0.457 e. The Labute approximate surface area is 287 Å². The smallest absolute Gasteiger partial charge is 0.252 e. The molecule has 0 aliphatic carbocycles. The molecule has 4 aromatic rings. The fourth-order valence-corrected chi connectivity index (χ4v) is 5.72. The number of carbonyl (C=O) groups is 4. The minimum absolute atomic E-state index is 0.0431. The minimum atomic E-state index is -0.984. The molecule has 10 nitrogen and oxygen atoms in total. The Hall–Kier alpha value is -5.51. The molecule has 1 aromatic heterocycles. The van der Waals surface area contributed by atoms with Crippen LogP contribution in [0.5, 0.6) is 11.5 Å². The van der Waals surface area contributed by atoms with Gasteiger partial charge in [0.25, 0.3) is 5.91 Å². The van der Waals surface area contributed by atoms with E-state index in [1.54, 1.807) is 54.5 Å². The Kier molecular flexibility index (Phi) is 11.8. The van der Waals surface area contributed by atoms with E-state index in [0.29, 0.717) is 36.4 Å². The van der Waals surface area contributed by atoms with Gasteiger partial charge in [0.15, 0.2) is 0 Å². The molecular weight excluding hydrogens is 618 g/mol. The van der Waals surface area contributed by atoms with Gasteiger partial charge in [-0.2, -0.15) is 0 Å². The van der Waals surface area contributed by atoms with Gasteiger partial charge in [-0.25, -0.2) is 0 Å². The van der Waals surface area contributed by atoms with E-state index in [-0.39, 0.29) is 24.7 Å². The number of hydrogen-bond acceptors (Lipinski definition) is 6. The lowest BCUT2D eigenvalue weighted by Gasteiger charge is -2.28. The summed E-state index contributed by atoms with van der Waals surface area (Å²) in [4.78, 5) is 61.3. The van der Waals surface area contributed by atoms with Crippen molar-refractivity contribution in [3.63, 3.8) is 0 Å². The van der Waals surface area contributed by atoms with E-state index in [4.69, 9.17) is 4.74 Å². The van der Waals surface area contributed by atoms with Crippen LogP contribution >= 0.6 is 0 Å². The van der Waals surface area contributed by atoms with Gasteiger partial charge in [-0.1, -0.05) is 68.4 Å². The molecule has 3 atom stereocenters. The van der Waals surface area contributed by atoms with Crippen LogP contribution in [0.15, 0.2) is 103 Å². The number of rotatable bonds is 8. The highest BCUT2D eigenvalue weighted by atomic mass is 16.5. The summed E-state index contributed by atoms with van der Waals surface area (Å²) in [5.41, 5.74) is 2.83. The number of ether oxygens (including phenoxy) is 1. The second-order valence-electron chi connectivity index (χ2n) is 12.8. The van der Waals surface area contributed by atoms with Gasteiger partial charge in [-0.3, -0.25) is 24.2 Å². The van der Waals surface area contributed by atoms with Crippen LogP contribution in [0, 0.1) is 5.92 Å². The van der Waals surface area contributed by atoms with Crippen molar-refractivity contribution in [2.45, 2.75) is 57.7 Å². The molecule has 2 aliphatic heterocycles. The normalized spacial score (nSPS) is 18.4. The monoisotopic (exact) mass is 661 g/mol. The van der Waals surface area contributed by atoms with E-state index in [2.05, 4.69) is 20.9 Å². The lowest BCUT2D eigenvalue weighted by molar-refractivity contribution is -0.136. The number of nitrogens with one attached hydrogen (secondary N) is 3. The summed E-state index contributed by atoms with van der Waals surface area (Å²) in [6.45, 7) is 4.32. The molecule has 0 saturated heterocycles. The van der Waals surface area contributed by atoms with Crippen molar-refractivity contribution in [3.05, 3.63) is 126 Å². The van der Waals surface area contributed by atoms with E-state index in [0.717, 1.165) is 16.8 Å². The van der Waals surface area contributed by atoms with Crippen molar-refractivity contribution in [2.24, 2.45) is 5.92 Å². The molecule has 4 bridgehead atoms. The lowest BCUT2D eigenvalue weighted by atomic mass is 9.99. The van der Waals surface area contributed by atoms with E-state index in [1.165, 1.54) is 0 Å². The summed E-state index contributed by atoms with van der Waals surface area (Å²) in [6.07, 6.45) is 3.03. The first-order valence-corrected chi connectivity index (χ1v) is 16.6. The number of carbonyl (C=O) groups excluding carboxylic acids is 4. The Morgan fingerprint density at radius 2 is 1.57 bits per heavy atom. The molecular formula is C39H43N5O5. The maximum absolute atomic E-state index is 14.0. The van der Waals surface area contributed by atoms with Gasteiger partial charge in [-0.15, -0.1) is 0 Å². The quantitative estimate of drug-likeness (QED) is 0.239. The van der Waals surface area contributed by atoms with E-state index in [9.17, 15) is 19.2 Å². The predicted octanol–water partition coefficient (Wildman–Crippen LogP) is 4.49. The van der Waals surface area contributed by atoms with Gasteiger partial charge in [-0.05, 0) is 65.9 Å². The van der Waals surface area contributed by atoms with Crippen LogP contribution in [0.2, 0.25) is 0 Å².